The number of amides is 1. The maximum atomic E-state index is 12.3. The zero-order valence-electron chi connectivity index (χ0n) is 15.8. The molecule has 0 aliphatic heterocycles. The van der Waals surface area contributed by atoms with Crippen LogP contribution in [0, 0.1) is 0 Å². The molecule has 7 nitrogen and oxygen atoms in total. The number of fused-ring (bicyclic) bond motifs is 1. The van der Waals surface area contributed by atoms with Crippen molar-refractivity contribution in [3.05, 3.63) is 57.4 Å². The maximum Gasteiger partial charge on any atom is 0.350 e. The summed E-state index contributed by atoms with van der Waals surface area (Å²) in [6.45, 7) is -0.568. The van der Waals surface area contributed by atoms with E-state index >= 15 is 0 Å². The van der Waals surface area contributed by atoms with Gasteiger partial charge in [0.1, 0.15) is 9.77 Å². The van der Waals surface area contributed by atoms with Gasteiger partial charge in [-0.2, -0.15) is 0 Å². The first-order valence-corrected chi connectivity index (χ1v) is 11.5. The Morgan fingerprint density at radius 3 is 2.50 bits per heavy atom. The van der Waals surface area contributed by atoms with Gasteiger partial charge in [0, 0.05) is 29.9 Å². The van der Waals surface area contributed by atoms with E-state index in [1.807, 2.05) is 12.1 Å². The van der Waals surface area contributed by atoms with Crippen LogP contribution in [0.1, 0.15) is 9.67 Å². The van der Waals surface area contributed by atoms with E-state index in [1.165, 1.54) is 43.6 Å². The molecule has 11 heteroatoms. The summed E-state index contributed by atoms with van der Waals surface area (Å²) in [6.07, 6.45) is 0. The highest BCUT2D eigenvalue weighted by molar-refractivity contribution is 7.89. The van der Waals surface area contributed by atoms with E-state index in [9.17, 15) is 18.0 Å². The van der Waals surface area contributed by atoms with Crippen LogP contribution in [0.25, 0.3) is 10.1 Å². The number of halogens is 2. The third kappa shape index (κ3) is 4.60. The lowest BCUT2D eigenvalue weighted by molar-refractivity contribution is -0.119. The predicted octanol–water partition coefficient (Wildman–Crippen LogP) is 4.25. The second-order valence-corrected chi connectivity index (χ2v) is 10.3. The van der Waals surface area contributed by atoms with Gasteiger partial charge in [-0.05, 0) is 24.3 Å². The summed E-state index contributed by atoms with van der Waals surface area (Å²) in [5.41, 5.74) is 0.195. The fraction of sp³-hybridized carbons (Fsp3) is 0.158. The summed E-state index contributed by atoms with van der Waals surface area (Å²) >= 11 is 13.4. The molecule has 1 heterocycles. The van der Waals surface area contributed by atoms with E-state index in [1.54, 1.807) is 12.1 Å². The van der Waals surface area contributed by atoms with Gasteiger partial charge < -0.3 is 10.1 Å². The number of carbonyl (C=O) groups is 2. The van der Waals surface area contributed by atoms with E-state index in [4.69, 9.17) is 27.9 Å². The average Bonchev–Trinajstić information content (AvgIpc) is 3.04. The number of esters is 1. The molecule has 1 N–H and O–H groups in total. The Morgan fingerprint density at radius 2 is 1.83 bits per heavy atom. The van der Waals surface area contributed by atoms with Crippen LogP contribution in [-0.2, 0) is 19.6 Å². The molecule has 1 aromatic heterocycles. The minimum absolute atomic E-state index is 0.0209. The summed E-state index contributed by atoms with van der Waals surface area (Å²) in [5.74, 6) is -1.36. The number of hydrogen-bond donors (Lipinski definition) is 1. The number of nitrogens with one attached hydrogen (secondary N) is 1. The van der Waals surface area contributed by atoms with Gasteiger partial charge in [-0.15, -0.1) is 11.3 Å². The van der Waals surface area contributed by atoms with Crippen molar-refractivity contribution >= 4 is 72.2 Å². The molecule has 2 aromatic carbocycles. The van der Waals surface area contributed by atoms with Crippen LogP contribution in [0.5, 0.6) is 0 Å². The molecule has 30 heavy (non-hydrogen) atoms. The highest BCUT2D eigenvalue weighted by Gasteiger charge is 2.22. The summed E-state index contributed by atoms with van der Waals surface area (Å²) in [4.78, 5) is 24.5. The molecule has 0 saturated carbocycles. The van der Waals surface area contributed by atoms with Crippen LogP contribution >= 0.6 is 34.5 Å². The highest BCUT2D eigenvalue weighted by Crippen LogP contribution is 2.35. The standard InChI is InChI=1S/C19H16Cl2N2O5S2/c1-23(2)30(26,27)15-9-11(7-8-13(15)20)22-16(24)10-28-19(25)18-17(21)12-5-3-4-6-14(12)29-18/h3-9H,10H2,1-2H3,(H,22,24). The number of thiophene rings is 1. The zero-order chi connectivity index (χ0) is 22.1. The van der Waals surface area contributed by atoms with Crippen LogP contribution in [0.2, 0.25) is 10.0 Å². The first kappa shape index (κ1) is 22.5. The molecular formula is C19H16Cl2N2O5S2. The van der Waals surface area contributed by atoms with E-state index in [2.05, 4.69) is 5.32 Å². The van der Waals surface area contributed by atoms with Gasteiger partial charge >= 0.3 is 5.97 Å². The van der Waals surface area contributed by atoms with Crippen molar-refractivity contribution in [3.63, 3.8) is 0 Å². The van der Waals surface area contributed by atoms with Gasteiger partial charge in [0.15, 0.2) is 6.61 Å². The first-order valence-electron chi connectivity index (χ1n) is 8.47. The molecule has 0 unspecified atom stereocenters. The average molecular weight is 487 g/mol. The van der Waals surface area contributed by atoms with Gasteiger partial charge in [0.25, 0.3) is 5.91 Å². The summed E-state index contributed by atoms with van der Waals surface area (Å²) in [6, 6.07) is 11.3. The van der Waals surface area contributed by atoms with Gasteiger partial charge in [-0.3, -0.25) is 4.79 Å². The van der Waals surface area contributed by atoms with Crippen LogP contribution < -0.4 is 5.32 Å². The topological polar surface area (TPSA) is 92.8 Å². The molecule has 0 fully saturated rings. The van der Waals surface area contributed by atoms with E-state index < -0.39 is 28.5 Å². The molecule has 0 atom stereocenters. The molecular weight excluding hydrogens is 471 g/mol. The number of anilines is 1. The Morgan fingerprint density at radius 1 is 1.13 bits per heavy atom. The van der Waals surface area contributed by atoms with Crippen LogP contribution in [-0.4, -0.2) is 45.3 Å². The van der Waals surface area contributed by atoms with Crippen molar-refractivity contribution in [1.29, 1.82) is 0 Å². The van der Waals surface area contributed by atoms with Crippen molar-refractivity contribution in [2.45, 2.75) is 4.90 Å². The SMILES string of the molecule is CN(C)S(=O)(=O)c1cc(NC(=O)COC(=O)c2sc3ccccc3c2Cl)ccc1Cl. The van der Waals surface area contributed by atoms with Crippen molar-refractivity contribution in [1.82, 2.24) is 4.31 Å². The molecule has 0 bridgehead atoms. The van der Waals surface area contributed by atoms with Crippen molar-refractivity contribution < 1.29 is 22.7 Å². The zero-order valence-corrected chi connectivity index (χ0v) is 19.0. The van der Waals surface area contributed by atoms with Crippen LogP contribution in [0.3, 0.4) is 0 Å². The molecule has 0 aliphatic rings. The van der Waals surface area contributed by atoms with E-state index in [0.29, 0.717) is 0 Å². The van der Waals surface area contributed by atoms with Crippen LogP contribution in [0.4, 0.5) is 5.69 Å². The Kier molecular flexibility index (Phi) is 6.68. The Labute approximate surface area is 187 Å². The molecule has 1 amide bonds. The van der Waals surface area contributed by atoms with E-state index in [-0.39, 0.29) is 25.5 Å². The smallest absolute Gasteiger partial charge is 0.350 e. The molecule has 3 aromatic rings. The second kappa shape index (κ2) is 8.91. The number of ether oxygens (including phenoxy) is 1. The van der Waals surface area contributed by atoms with E-state index in [0.717, 1.165) is 14.4 Å². The number of benzene rings is 2. The normalized spacial score (nSPS) is 11.6. The molecule has 0 aliphatic carbocycles. The lowest BCUT2D eigenvalue weighted by Gasteiger charge is -2.14. The lowest BCUT2D eigenvalue weighted by atomic mass is 10.2. The fourth-order valence-corrected chi connectivity index (χ4v) is 5.31. The van der Waals surface area contributed by atoms with Gasteiger partial charge in [0.05, 0.1) is 10.0 Å². The Balaban J connectivity index is 1.69. The van der Waals surface area contributed by atoms with Gasteiger partial charge in [-0.25, -0.2) is 17.5 Å². The molecule has 0 radical (unpaired) electrons. The third-order valence-electron chi connectivity index (χ3n) is 4.03. The molecule has 3 rings (SSSR count). The van der Waals surface area contributed by atoms with Crippen molar-refractivity contribution in [3.8, 4) is 0 Å². The minimum atomic E-state index is -3.79. The number of hydrogen-bond acceptors (Lipinski definition) is 6. The predicted molar refractivity (Wildman–Crippen MR) is 118 cm³/mol. The quantitative estimate of drug-likeness (QED) is 0.525. The third-order valence-corrected chi connectivity index (χ3v) is 7.98. The fourth-order valence-electron chi connectivity index (χ4n) is 2.51. The maximum absolute atomic E-state index is 12.3. The first-order chi connectivity index (χ1) is 14.1. The highest BCUT2D eigenvalue weighted by atomic mass is 35.5. The van der Waals surface area contributed by atoms with Gasteiger partial charge in [-0.1, -0.05) is 41.4 Å². The molecule has 0 spiro atoms. The largest absolute Gasteiger partial charge is 0.451 e. The Hall–Kier alpha value is -2.17. The van der Waals surface area contributed by atoms with Crippen molar-refractivity contribution in [2.24, 2.45) is 0 Å². The number of sulfonamides is 1. The number of rotatable bonds is 6. The summed E-state index contributed by atoms with van der Waals surface area (Å²) < 4.78 is 31.5. The summed E-state index contributed by atoms with van der Waals surface area (Å²) in [7, 11) is -1.05. The van der Waals surface area contributed by atoms with Gasteiger partial charge in [0.2, 0.25) is 10.0 Å². The molecule has 0 saturated heterocycles. The van der Waals surface area contributed by atoms with Crippen LogP contribution in [0.15, 0.2) is 47.4 Å². The Bertz CT molecular complexity index is 1240. The number of nitrogens with zero attached hydrogens (tertiary/aromatic N) is 1. The van der Waals surface area contributed by atoms with Crippen molar-refractivity contribution in [2.75, 3.05) is 26.0 Å². The second-order valence-electron chi connectivity index (χ2n) is 6.30. The monoisotopic (exact) mass is 486 g/mol. The molecule has 158 valence electrons. The lowest BCUT2D eigenvalue weighted by Crippen LogP contribution is -2.23. The summed E-state index contributed by atoms with van der Waals surface area (Å²) in [5, 5.41) is 3.51. The number of carbonyl (C=O) groups excluding carboxylic acids is 2. The minimum Gasteiger partial charge on any atom is -0.451 e.